The number of hydrogen-bond donors (Lipinski definition) is 3. The summed E-state index contributed by atoms with van der Waals surface area (Å²) < 4.78 is 0. The number of quaternary nitrogens is 1. The van der Waals surface area contributed by atoms with Crippen molar-refractivity contribution in [2.75, 3.05) is 13.1 Å². The summed E-state index contributed by atoms with van der Waals surface area (Å²) in [5.74, 6) is -0.0369. The Morgan fingerprint density at radius 1 is 1.41 bits per heavy atom. The average molecular weight is 401 g/mol. The van der Waals surface area contributed by atoms with Gasteiger partial charge in [-0.25, -0.2) is 4.79 Å². The molecule has 7 nitrogen and oxygen atoms in total. The number of carbonyl (C=O) groups is 2. The summed E-state index contributed by atoms with van der Waals surface area (Å²) in [5.41, 5.74) is 1.31. The first-order valence-corrected chi connectivity index (χ1v) is 10.4. The lowest BCUT2D eigenvalue weighted by Crippen LogP contribution is -3.10. The average Bonchev–Trinajstić information content (AvgIpc) is 3.18. The molecule has 158 valence electrons. The number of rotatable bonds is 8. The summed E-state index contributed by atoms with van der Waals surface area (Å²) in [5, 5.41) is 15.9. The van der Waals surface area contributed by atoms with E-state index in [1.165, 1.54) is 0 Å². The van der Waals surface area contributed by atoms with Crippen LogP contribution in [0.4, 0.5) is 0 Å². The van der Waals surface area contributed by atoms with Gasteiger partial charge in [-0.2, -0.15) is 0 Å². The molecule has 0 aliphatic heterocycles. The van der Waals surface area contributed by atoms with Crippen molar-refractivity contribution in [1.29, 1.82) is 0 Å². The number of nitrogens with zero attached hydrogens (tertiary/aromatic N) is 1. The van der Waals surface area contributed by atoms with Crippen molar-refractivity contribution in [2.24, 2.45) is 16.7 Å². The van der Waals surface area contributed by atoms with Crippen LogP contribution in [0.25, 0.3) is 10.9 Å². The van der Waals surface area contributed by atoms with Crippen molar-refractivity contribution >= 4 is 22.7 Å². The van der Waals surface area contributed by atoms with E-state index in [9.17, 15) is 14.8 Å². The van der Waals surface area contributed by atoms with Gasteiger partial charge >= 0.3 is 5.91 Å². The quantitative estimate of drug-likeness (QED) is 0.592. The van der Waals surface area contributed by atoms with Crippen LogP contribution < -0.4 is 10.4 Å². The monoisotopic (exact) mass is 400 g/mol. The van der Waals surface area contributed by atoms with Gasteiger partial charge in [0, 0.05) is 36.3 Å². The van der Waals surface area contributed by atoms with Gasteiger partial charge in [0.05, 0.1) is 13.0 Å². The number of pyridine rings is 1. The largest absolute Gasteiger partial charge is 0.627 e. The first kappa shape index (κ1) is 21.5. The Bertz CT molecular complexity index is 853. The van der Waals surface area contributed by atoms with E-state index in [-0.39, 0.29) is 27.7 Å². The normalized spacial score (nSPS) is 22.4. The second kappa shape index (κ2) is 8.24. The van der Waals surface area contributed by atoms with Crippen LogP contribution >= 0.6 is 0 Å². The maximum absolute atomic E-state index is 12.5. The van der Waals surface area contributed by atoms with Crippen LogP contribution in [-0.4, -0.2) is 34.9 Å². The molecule has 2 heterocycles. The molecule has 0 aromatic carbocycles. The first-order chi connectivity index (χ1) is 13.6. The van der Waals surface area contributed by atoms with Crippen LogP contribution in [0.15, 0.2) is 24.5 Å². The lowest BCUT2D eigenvalue weighted by atomic mass is 9.91. The highest BCUT2D eigenvalue weighted by molar-refractivity contribution is 5.97. The third-order valence-corrected chi connectivity index (χ3v) is 6.09. The third kappa shape index (κ3) is 5.22. The van der Waals surface area contributed by atoms with Crippen LogP contribution in [0, 0.1) is 22.0 Å². The van der Waals surface area contributed by atoms with Crippen molar-refractivity contribution in [3.05, 3.63) is 35.4 Å². The van der Waals surface area contributed by atoms with Gasteiger partial charge in [-0.15, -0.1) is 0 Å². The van der Waals surface area contributed by atoms with Gasteiger partial charge in [0.25, 0.3) is 5.91 Å². The Labute approximate surface area is 171 Å². The molecule has 3 unspecified atom stereocenters. The van der Waals surface area contributed by atoms with Gasteiger partial charge < -0.3 is 20.6 Å². The fraction of sp³-hybridized carbons (Fsp3) is 0.591. The van der Waals surface area contributed by atoms with E-state index in [0.717, 1.165) is 30.2 Å². The van der Waals surface area contributed by atoms with E-state index in [2.05, 4.69) is 22.2 Å². The highest BCUT2D eigenvalue weighted by Crippen LogP contribution is 2.57. The Morgan fingerprint density at radius 2 is 2.17 bits per heavy atom. The maximum Gasteiger partial charge on any atom is 0.312 e. The molecular weight excluding hydrogens is 368 g/mol. The SMILES string of the molecule is CCC1(CC[NH+]([O-])C(=O)CC(C)(C)C)CC1CNC(=O)c1cc2cnccc2[nH]1. The minimum Gasteiger partial charge on any atom is -0.627 e. The van der Waals surface area contributed by atoms with Gasteiger partial charge in [-0.05, 0) is 41.7 Å². The number of aromatic amines is 1. The summed E-state index contributed by atoms with van der Waals surface area (Å²) in [6, 6.07) is 3.64. The zero-order valence-electron chi connectivity index (χ0n) is 17.8. The van der Waals surface area contributed by atoms with E-state index >= 15 is 0 Å². The van der Waals surface area contributed by atoms with Crippen molar-refractivity contribution in [2.45, 2.75) is 53.4 Å². The summed E-state index contributed by atoms with van der Waals surface area (Å²) in [6.45, 7) is 8.92. The standard InChI is InChI=1S/C22H32N4O3/c1-5-22(7-9-26(29)19(27)12-21(2,3)4)11-16(22)14-24-20(28)18-10-15-13-23-8-6-17(15)25-18/h6,8,10,13,16,25-26H,5,7,9,11-12,14H2,1-4H3,(H,24,28). The molecule has 7 heteroatoms. The van der Waals surface area contributed by atoms with E-state index < -0.39 is 0 Å². The van der Waals surface area contributed by atoms with Crippen LogP contribution in [0.2, 0.25) is 0 Å². The van der Waals surface area contributed by atoms with E-state index in [4.69, 9.17) is 0 Å². The zero-order chi connectivity index (χ0) is 21.2. The van der Waals surface area contributed by atoms with Gasteiger partial charge in [0.2, 0.25) is 0 Å². The molecule has 1 aliphatic rings. The number of H-pyrrole nitrogens is 1. The van der Waals surface area contributed by atoms with E-state index in [1.54, 1.807) is 18.5 Å². The summed E-state index contributed by atoms with van der Waals surface area (Å²) >= 11 is 0. The predicted molar refractivity (Wildman–Crippen MR) is 112 cm³/mol. The molecular formula is C22H32N4O3. The fourth-order valence-corrected chi connectivity index (χ4v) is 4.12. The summed E-state index contributed by atoms with van der Waals surface area (Å²) in [7, 11) is 0. The molecule has 3 atom stereocenters. The van der Waals surface area contributed by atoms with Crippen molar-refractivity contribution < 1.29 is 14.7 Å². The molecule has 1 aliphatic carbocycles. The lowest BCUT2D eigenvalue weighted by molar-refractivity contribution is -0.766. The number of hydrogen-bond acceptors (Lipinski definition) is 4. The van der Waals surface area contributed by atoms with Gasteiger partial charge in [-0.1, -0.05) is 27.7 Å². The number of aromatic nitrogens is 2. The van der Waals surface area contributed by atoms with Gasteiger partial charge in [0.15, 0.2) is 0 Å². The van der Waals surface area contributed by atoms with E-state index in [0.29, 0.717) is 31.1 Å². The van der Waals surface area contributed by atoms with Gasteiger partial charge in [-0.3, -0.25) is 9.78 Å². The molecule has 3 N–H and O–H groups in total. The smallest absolute Gasteiger partial charge is 0.312 e. The molecule has 1 saturated carbocycles. The molecule has 2 amide bonds. The lowest BCUT2D eigenvalue weighted by Gasteiger charge is -2.26. The molecule has 0 radical (unpaired) electrons. The Hall–Kier alpha value is -2.25. The highest BCUT2D eigenvalue weighted by atomic mass is 16.5. The molecule has 2 aromatic heterocycles. The van der Waals surface area contributed by atoms with Crippen molar-refractivity contribution in [3.63, 3.8) is 0 Å². The minimum absolute atomic E-state index is 0.0648. The summed E-state index contributed by atoms with van der Waals surface area (Å²) in [6.07, 6.45) is 6.37. The molecule has 2 aromatic rings. The van der Waals surface area contributed by atoms with Crippen LogP contribution in [0.3, 0.4) is 0 Å². The number of nitrogens with one attached hydrogen (secondary N) is 3. The third-order valence-electron chi connectivity index (χ3n) is 6.09. The van der Waals surface area contributed by atoms with Gasteiger partial charge in [0.1, 0.15) is 5.69 Å². The van der Waals surface area contributed by atoms with Crippen molar-refractivity contribution in [1.82, 2.24) is 15.3 Å². The zero-order valence-corrected chi connectivity index (χ0v) is 17.8. The number of hydroxylamine groups is 2. The maximum atomic E-state index is 12.5. The Morgan fingerprint density at radius 3 is 2.83 bits per heavy atom. The summed E-state index contributed by atoms with van der Waals surface area (Å²) in [4.78, 5) is 31.7. The predicted octanol–water partition coefficient (Wildman–Crippen LogP) is 2.44. The Balaban J connectivity index is 1.48. The van der Waals surface area contributed by atoms with E-state index in [1.807, 2.05) is 26.8 Å². The topological polar surface area (TPSA) is 102 Å². The minimum atomic E-state index is -0.262. The molecule has 3 rings (SSSR count). The molecule has 0 saturated heterocycles. The van der Waals surface area contributed by atoms with Crippen molar-refractivity contribution in [3.8, 4) is 0 Å². The number of carbonyl (C=O) groups excluding carboxylic acids is 2. The second-order valence-corrected chi connectivity index (χ2v) is 9.56. The number of amides is 2. The molecule has 29 heavy (non-hydrogen) atoms. The molecule has 0 bridgehead atoms. The second-order valence-electron chi connectivity index (χ2n) is 9.56. The van der Waals surface area contributed by atoms with Crippen LogP contribution in [0.1, 0.15) is 63.9 Å². The highest BCUT2D eigenvalue weighted by Gasteiger charge is 2.52. The fourth-order valence-electron chi connectivity index (χ4n) is 4.12. The van der Waals surface area contributed by atoms with Crippen LogP contribution in [-0.2, 0) is 4.79 Å². The van der Waals surface area contributed by atoms with Crippen LogP contribution in [0.5, 0.6) is 0 Å². The first-order valence-electron chi connectivity index (χ1n) is 10.4. The molecule has 1 fully saturated rings. The number of fused-ring (bicyclic) bond motifs is 1. The Kier molecular flexibility index (Phi) is 6.10. The molecule has 0 spiro atoms.